The number of hydrogen-bond donors (Lipinski definition) is 1. The van der Waals surface area contributed by atoms with E-state index >= 15 is 0 Å². The number of carbonyl (C=O) groups is 2. The maximum atomic E-state index is 12.3. The fourth-order valence-corrected chi connectivity index (χ4v) is 4.78. The van der Waals surface area contributed by atoms with E-state index in [1.54, 1.807) is 6.92 Å². The van der Waals surface area contributed by atoms with Crippen molar-refractivity contribution in [2.75, 3.05) is 23.5 Å². The second-order valence-corrected chi connectivity index (χ2v) is 7.73. The van der Waals surface area contributed by atoms with Crippen LogP contribution in [-0.4, -0.2) is 48.3 Å². The number of carboxylic acids is 1. The highest BCUT2D eigenvalue weighted by Gasteiger charge is 2.36. The molecule has 1 N–H and O–H groups in total. The third kappa shape index (κ3) is 2.68. The van der Waals surface area contributed by atoms with Gasteiger partial charge in [-0.05, 0) is 24.9 Å². The zero-order valence-corrected chi connectivity index (χ0v) is 12.6. The van der Waals surface area contributed by atoms with Crippen molar-refractivity contribution in [3.8, 4) is 0 Å². The summed E-state index contributed by atoms with van der Waals surface area (Å²) in [4.78, 5) is 24.7. The van der Waals surface area contributed by atoms with Gasteiger partial charge in [-0.1, -0.05) is 0 Å². The third-order valence-electron chi connectivity index (χ3n) is 3.28. The number of aryl methyl sites for hydroxylation is 1. The van der Waals surface area contributed by atoms with Gasteiger partial charge < -0.3 is 10.0 Å². The molecule has 1 saturated heterocycles. The molecule has 2 heterocycles. The normalized spacial score (nSPS) is 20.8. The predicted octanol–water partition coefficient (Wildman–Crippen LogP) is 0.547. The van der Waals surface area contributed by atoms with Crippen LogP contribution in [0.5, 0.6) is 0 Å². The number of sulfone groups is 1. The topological polar surface area (TPSA) is 105 Å². The van der Waals surface area contributed by atoms with Crippen molar-refractivity contribution in [1.29, 1.82) is 0 Å². The maximum Gasteiger partial charge on any atom is 0.340 e. The number of amides is 1. The van der Waals surface area contributed by atoms with E-state index in [2.05, 4.69) is 4.37 Å². The Kier molecular flexibility index (Phi) is 3.83. The van der Waals surface area contributed by atoms with Crippen molar-refractivity contribution in [3.05, 3.63) is 11.3 Å². The molecule has 0 aromatic carbocycles. The van der Waals surface area contributed by atoms with Crippen LogP contribution in [0.1, 0.15) is 22.5 Å². The number of rotatable bonds is 3. The van der Waals surface area contributed by atoms with Gasteiger partial charge in [0.05, 0.1) is 23.1 Å². The summed E-state index contributed by atoms with van der Waals surface area (Å²) >= 11 is 0.924. The van der Waals surface area contributed by atoms with Gasteiger partial charge in [0.15, 0.2) is 9.84 Å². The molecule has 1 aliphatic heterocycles. The van der Waals surface area contributed by atoms with Crippen LogP contribution in [0, 0.1) is 12.8 Å². The lowest BCUT2D eigenvalue weighted by Gasteiger charge is -2.19. The molecule has 2 rings (SSSR count). The molecule has 1 aromatic rings. The van der Waals surface area contributed by atoms with E-state index in [-0.39, 0.29) is 34.4 Å². The summed E-state index contributed by atoms with van der Waals surface area (Å²) in [5.74, 6) is -2.29. The number of nitrogens with zero attached hydrogens (tertiary/aromatic N) is 2. The molecule has 1 aromatic heterocycles. The first-order chi connectivity index (χ1) is 9.23. The molecule has 0 aliphatic carbocycles. The fraction of sp³-hybridized carbons (Fsp3) is 0.545. The minimum absolute atomic E-state index is 0.00471. The highest BCUT2D eigenvalue weighted by Crippen LogP contribution is 2.30. The molecule has 1 unspecified atom stereocenters. The first kappa shape index (κ1) is 14.9. The highest BCUT2D eigenvalue weighted by atomic mass is 32.2. The van der Waals surface area contributed by atoms with Crippen LogP contribution in [0.3, 0.4) is 0 Å². The van der Waals surface area contributed by atoms with Crippen LogP contribution in [-0.2, 0) is 14.6 Å². The summed E-state index contributed by atoms with van der Waals surface area (Å²) < 4.78 is 26.8. The van der Waals surface area contributed by atoms with Crippen molar-refractivity contribution in [2.45, 2.75) is 13.3 Å². The maximum absolute atomic E-state index is 12.3. The molecular formula is C11H14N2O5S2. The van der Waals surface area contributed by atoms with Gasteiger partial charge in [-0.25, -0.2) is 13.2 Å². The van der Waals surface area contributed by atoms with Crippen molar-refractivity contribution >= 4 is 38.2 Å². The summed E-state index contributed by atoms with van der Waals surface area (Å²) in [6, 6.07) is 0. The molecule has 0 saturated carbocycles. The Labute approximate surface area is 120 Å². The zero-order valence-electron chi connectivity index (χ0n) is 11.0. The van der Waals surface area contributed by atoms with E-state index in [0.717, 1.165) is 11.5 Å². The smallest absolute Gasteiger partial charge is 0.340 e. The number of aromatic carboxylic acids is 1. The highest BCUT2D eigenvalue weighted by molar-refractivity contribution is 7.91. The van der Waals surface area contributed by atoms with Crippen LogP contribution in [0.25, 0.3) is 0 Å². The second kappa shape index (κ2) is 5.13. The molecular weight excluding hydrogens is 304 g/mol. The summed E-state index contributed by atoms with van der Waals surface area (Å²) in [7, 11) is -1.70. The summed E-state index contributed by atoms with van der Waals surface area (Å²) in [6.07, 6.45) is 0.283. The monoisotopic (exact) mass is 318 g/mol. The van der Waals surface area contributed by atoms with E-state index < -0.39 is 21.7 Å². The van der Waals surface area contributed by atoms with Crippen LogP contribution in [0.2, 0.25) is 0 Å². The van der Waals surface area contributed by atoms with E-state index in [0.29, 0.717) is 5.69 Å². The molecule has 0 radical (unpaired) electrons. The van der Waals surface area contributed by atoms with E-state index in [4.69, 9.17) is 5.11 Å². The average molecular weight is 318 g/mol. The Morgan fingerprint density at radius 2 is 2.10 bits per heavy atom. The summed E-state index contributed by atoms with van der Waals surface area (Å²) in [6.45, 7) is 1.56. The first-order valence-corrected chi connectivity index (χ1v) is 8.50. The van der Waals surface area contributed by atoms with E-state index in [1.807, 2.05) is 0 Å². The van der Waals surface area contributed by atoms with Crippen LogP contribution < -0.4 is 4.90 Å². The number of aromatic nitrogens is 1. The summed E-state index contributed by atoms with van der Waals surface area (Å²) in [5, 5.41) is 9.39. The number of hydrogen-bond acceptors (Lipinski definition) is 6. The van der Waals surface area contributed by atoms with Gasteiger partial charge in [0, 0.05) is 7.05 Å². The Bertz CT molecular complexity index is 664. The number of anilines is 1. The minimum Gasteiger partial charge on any atom is -0.478 e. The first-order valence-electron chi connectivity index (χ1n) is 5.90. The lowest BCUT2D eigenvalue weighted by Crippen LogP contribution is -2.33. The van der Waals surface area contributed by atoms with Gasteiger partial charge >= 0.3 is 5.97 Å². The number of carbonyl (C=O) groups excluding carboxylic acids is 1. The Morgan fingerprint density at radius 3 is 2.60 bits per heavy atom. The minimum atomic E-state index is -3.15. The lowest BCUT2D eigenvalue weighted by molar-refractivity contribution is -0.121. The lowest BCUT2D eigenvalue weighted by atomic mass is 10.1. The van der Waals surface area contributed by atoms with Crippen molar-refractivity contribution in [3.63, 3.8) is 0 Å². The van der Waals surface area contributed by atoms with Crippen molar-refractivity contribution in [2.24, 2.45) is 5.92 Å². The SMILES string of the molecule is Cc1nsc(N(C)C(=O)C2CCS(=O)(=O)C2)c1C(=O)O. The molecule has 9 heteroatoms. The van der Waals surface area contributed by atoms with Gasteiger partial charge in [-0.15, -0.1) is 0 Å². The Balaban J connectivity index is 2.26. The quantitative estimate of drug-likeness (QED) is 0.872. The number of carboxylic acid groups (broad SMARTS) is 1. The Morgan fingerprint density at radius 1 is 1.45 bits per heavy atom. The molecule has 110 valence electrons. The molecule has 20 heavy (non-hydrogen) atoms. The van der Waals surface area contributed by atoms with Gasteiger partial charge in [-0.2, -0.15) is 4.37 Å². The second-order valence-electron chi connectivity index (χ2n) is 4.75. The van der Waals surface area contributed by atoms with Crippen molar-refractivity contribution in [1.82, 2.24) is 4.37 Å². The molecule has 1 amide bonds. The predicted molar refractivity (Wildman–Crippen MR) is 74.0 cm³/mol. The molecule has 0 spiro atoms. The van der Waals surface area contributed by atoms with Gasteiger partial charge in [0.2, 0.25) is 5.91 Å². The Hall–Kier alpha value is -1.48. The molecule has 1 aliphatic rings. The fourth-order valence-electron chi connectivity index (χ4n) is 2.20. The largest absolute Gasteiger partial charge is 0.478 e. The van der Waals surface area contributed by atoms with Crippen molar-refractivity contribution < 1.29 is 23.1 Å². The van der Waals surface area contributed by atoms with Gasteiger partial charge in [0.25, 0.3) is 0 Å². The average Bonchev–Trinajstić information content (AvgIpc) is 2.90. The zero-order chi connectivity index (χ0) is 15.1. The third-order valence-corrected chi connectivity index (χ3v) is 6.06. The van der Waals surface area contributed by atoms with Crippen LogP contribution >= 0.6 is 11.5 Å². The van der Waals surface area contributed by atoms with E-state index in [9.17, 15) is 18.0 Å². The standard InChI is InChI=1S/C11H14N2O5S2/c1-6-8(11(15)16)10(19-12-6)13(2)9(14)7-3-4-20(17,18)5-7/h7H,3-5H2,1-2H3,(H,15,16). The van der Waals surface area contributed by atoms with Crippen LogP contribution in [0.4, 0.5) is 5.00 Å². The molecule has 1 fully saturated rings. The van der Waals surface area contributed by atoms with Gasteiger partial charge in [-0.3, -0.25) is 4.79 Å². The van der Waals surface area contributed by atoms with Crippen LogP contribution in [0.15, 0.2) is 0 Å². The van der Waals surface area contributed by atoms with E-state index in [1.165, 1.54) is 11.9 Å². The summed E-state index contributed by atoms with van der Waals surface area (Å²) in [5.41, 5.74) is 0.336. The molecule has 0 bridgehead atoms. The molecule has 7 nitrogen and oxygen atoms in total. The van der Waals surface area contributed by atoms with Gasteiger partial charge in [0.1, 0.15) is 10.6 Å². The molecule has 1 atom stereocenters.